The van der Waals surface area contributed by atoms with Crippen LogP contribution in [0.5, 0.6) is 0 Å². The van der Waals surface area contributed by atoms with Crippen LogP contribution in [0.4, 0.5) is 5.95 Å². The highest BCUT2D eigenvalue weighted by Gasteiger charge is 2.11. The summed E-state index contributed by atoms with van der Waals surface area (Å²) in [5.74, 6) is 0.701. The van der Waals surface area contributed by atoms with E-state index in [2.05, 4.69) is 15.4 Å². The van der Waals surface area contributed by atoms with Crippen molar-refractivity contribution >= 4 is 22.7 Å². The molecule has 2 heterocycles. The van der Waals surface area contributed by atoms with Crippen molar-refractivity contribution in [3.05, 3.63) is 36.0 Å². The SMILES string of the molecule is CC1=CC(C)=Nc2nc3ccccc3n2N1. The monoisotopic (exact) mass is 212 g/mol. The minimum Gasteiger partial charge on any atom is -0.295 e. The second kappa shape index (κ2) is 3.20. The van der Waals surface area contributed by atoms with Crippen LogP contribution in [0.3, 0.4) is 0 Å². The molecule has 0 spiro atoms. The largest absolute Gasteiger partial charge is 0.295 e. The van der Waals surface area contributed by atoms with E-state index in [4.69, 9.17) is 0 Å². The average Bonchev–Trinajstić information content (AvgIpc) is 2.49. The summed E-state index contributed by atoms with van der Waals surface area (Å²) in [4.78, 5) is 8.93. The summed E-state index contributed by atoms with van der Waals surface area (Å²) in [5, 5.41) is 0. The molecule has 0 fully saturated rings. The first-order valence-corrected chi connectivity index (χ1v) is 5.22. The third-order valence-electron chi connectivity index (χ3n) is 2.53. The molecule has 1 aromatic carbocycles. The maximum atomic E-state index is 4.48. The van der Waals surface area contributed by atoms with Gasteiger partial charge in [0.05, 0.1) is 11.0 Å². The zero-order valence-electron chi connectivity index (χ0n) is 9.23. The number of hydrogen-bond acceptors (Lipinski definition) is 3. The van der Waals surface area contributed by atoms with Gasteiger partial charge in [0.2, 0.25) is 5.95 Å². The van der Waals surface area contributed by atoms with Gasteiger partial charge < -0.3 is 0 Å². The number of aliphatic imine (C=N–C) groups is 1. The fourth-order valence-corrected chi connectivity index (χ4v) is 1.91. The minimum absolute atomic E-state index is 0.701. The Bertz CT molecular complexity index is 619. The Balaban J connectivity index is 2.32. The molecule has 0 radical (unpaired) electrons. The smallest absolute Gasteiger partial charge is 0.250 e. The second-order valence-corrected chi connectivity index (χ2v) is 3.93. The summed E-state index contributed by atoms with van der Waals surface area (Å²) < 4.78 is 1.91. The van der Waals surface area contributed by atoms with Crippen LogP contribution in [0.15, 0.2) is 41.0 Å². The maximum absolute atomic E-state index is 4.48. The third kappa shape index (κ3) is 1.31. The van der Waals surface area contributed by atoms with Gasteiger partial charge in [-0.1, -0.05) is 12.1 Å². The molecule has 80 valence electrons. The number of benzene rings is 1. The Morgan fingerprint density at radius 3 is 2.88 bits per heavy atom. The summed E-state index contributed by atoms with van der Waals surface area (Å²) in [6.07, 6.45) is 2.00. The number of rotatable bonds is 0. The van der Waals surface area contributed by atoms with Crippen molar-refractivity contribution in [3.8, 4) is 0 Å². The predicted octanol–water partition coefficient (Wildman–Crippen LogP) is 2.59. The van der Waals surface area contributed by atoms with Gasteiger partial charge in [0, 0.05) is 11.4 Å². The molecule has 0 aliphatic carbocycles. The van der Waals surface area contributed by atoms with Crippen LogP contribution in [0.1, 0.15) is 13.8 Å². The quantitative estimate of drug-likeness (QED) is 0.729. The Kier molecular flexibility index (Phi) is 1.83. The third-order valence-corrected chi connectivity index (χ3v) is 2.53. The molecule has 1 aromatic heterocycles. The lowest BCUT2D eigenvalue weighted by Gasteiger charge is -2.07. The normalized spacial score (nSPS) is 14.9. The average molecular weight is 212 g/mol. The van der Waals surface area contributed by atoms with Gasteiger partial charge in [-0.25, -0.2) is 14.7 Å². The molecule has 1 aliphatic heterocycles. The standard InChI is InChI=1S/C12H12N4/c1-8-7-9(2)15-16-11-6-4-3-5-10(11)14-12(16)13-8/h3-7,15H,1-2H3. The number of nitrogens with zero attached hydrogens (tertiary/aromatic N) is 3. The van der Waals surface area contributed by atoms with E-state index in [9.17, 15) is 0 Å². The minimum atomic E-state index is 0.701. The van der Waals surface area contributed by atoms with Crippen molar-refractivity contribution < 1.29 is 0 Å². The van der Waals surface area contributed by atoms with Gasteiger partial charge in [0.1, 0.15) is 0 Å². The lowest BCUT2D eigenvalue weighted by molar-refractivity contribution is 0.952. The van der Waals surface area contributed by atoms with Crippen LogP contribution < -0.4 is 5.43 Å². The highest BCUT2D eigenvalue weighted by Crippen LogP contribution is 2.22. The number of imidazole rings is 1. The molecule has 4 heteroatoms. The number of allylic oxidation sites excluding steroid dienone is 2. The van der Waals surface area contributed by atoms with Gasteiger partial charge in [-0.2, -0.15) is 0 Å². The van der Waals surface area contributed by atoms with E-state index < -0.39 is 0 Å². The summed E-state index contributed by atoms with van der Waals surface area (Å²) in [7, 11) is 0. The van der Waals surface area contributed by atoms with Crippen molar-refractivity contribution in [2.45, 2.75) is 13.8 Å². The molecule has 4 nitrogen and oxygen atoms in total. The molecule has 1 N–H and O–H groups in total. The lowest BCUT2D eigenvalue weighted by Crippen LogP contribution is -2.10. The van der Waals surface area contributed by atoms with Gasteiger partial charge in [-0.05, 0) is 32.1 Å². The van der Waals surface area contributed by atoms with Crippen molar-refractivity contribution in [2.24, 2.45) is 4.99 Å². The molecule has 0 saturated carbocycles. The number of para-hydroxylation sites is 2. The molecular weight excluding hydrogens is 200 g/mol. The molecule has 0 atom stereocenters. The lowest BCUT2D eigenvalue weighted by atomic mass is 10.3. The van der Waals surface area contributed by atoms with Gasteiger partial charge in [0.15, 0.2) is 0 Å². The molecular formula is C12H12N4. The molecule has 0 saturated heterocycles. The second-order valence-electron chi connectivity index (χ2n) is 3.93. The van der Waals surface area contributed by atoms with Gasteiger partial charge >= 0.3 is 0 Å². The van der Waals surface area contributed by atoms with Crippen molar-refractivity contribution in [1.29, 1.82) is 0 Å². The highest BCUT2D eigenvalue weighted by molar-refractivity contribution is 5.96. The molecule has 1 aliphatic rings. The van der Waals surface area contributed by atoms with Crippen molar-refractivity contribution in [3.63, 3.8) is 0 Å². The molecule has 2 aromatic rings. The van der Waals surface area contributed by atoms with Crippen LogP contribution in [0.2, 0.25) is 0 Å². The zero-order valence-corrected chi connectivity index (χ0v) is 9.23. The van der Waals surface area contributed by atoms with Gasteiger partial charge in [-0.3, -0.25) is 5.43 Å². The zero-order chi connectivity index (χ0) is 11.1. The van der Waals surface area contributed by atoms with E-state index in [-0.39, 0.29) is 0 Å². The van der Waals surface area contributed by atoms with Crippen LogP contribution in [-0.4, -0.2) is 15.4 Å². The Hall–Kier alpha value is -2.10. The summed E-state index contributed by atoms with van der Waals surface area (Å²) >= 11 is 0. The van der Waals surface area contributed by atoms with E-state index in [0.717, 1.165) is 22.4 Å². The van der Waals surface area contributed by atoms with Gasteiger partial charge in [0.25, 0.3) is 0 Å². The summed E-state index contributed by atoms with van der Waals surface area (Å²) in [5.41, 5.74) is 7.29. The summed E-state index contributed by atoms with van der Waals surface area (Å²) in [6.45, 7) is 3.99. The van der Waals surface area contributed by atoms with E-state index in [1.165, 1.54) is 0 Å². The first-order valence-electron chi connectivity index (χ1n) is 5.22. The van der Waals surface area contributed by atoms with Crippen LogP contribution in [0, 0.1) is 0 Å². The number of nitrogens with one attached hydrogen (secondary N) is 1. The topological polar surface area (TPSA) is 42.2 Å². The molecule has 0 unspecified atom stereocenters. The first kappa shape index (κ1) is 9.15. The number of hydrogen-bond donors (Lipinski definition) is 1. The van der Waals surface area contributed by atoms with E-state index >= 15 is 0 Å². The van der Waals surface area contributed by atoms with E-state index in [0.29, 0.717) is 5.95 Å². The van der Waals surface area contributed by atoms with Crippen LogP contribution in [-0.2, 0) is 0 Å². The van der Waals surface area contributed by atoms with Crippen molar-refractivity contribution in [1.82, 2.24) is 9.66 Å². The highest BCUT2D eigenvalue weighted by atomic mass is 15.5. The molecule has 0 bridgehead atoms. The number of fused-ring (bicyclic) bond motifs is 3. The van der Waals surface area contributed by atoms with Gasteiger partial charge in [-0.15, -0.1) is 0 Å². The maximum Gasteiger partial charge on any atom is 0.250 e. The first-order chi connectivity index (χ1) is 7.74. The Labute approximate surface area is 93.3 Å². The fourth-order valence-electron chi connectivity index (χ4n) is 1.91. The van der Waals surface area contributed by atoms with Crippen LogP contribution >= 0.6 is 0 Å². The molecule has 0 amide bonds. The van der Waals surface area contributed by atoms with Crippen molar-refractivity contribution in [2.75, 3.05) is 5.43 Å². The van der Waals surface area contributed by atoms with E-state index in [1.54, 1.807) is 0 Å². The fraction of sp³-hybridized carbons (Fsp3) is 0.167. The molecule has 16 heavy (non-hydrogen) atoms. The predicted molar refractivity (Wildman–Crippen MR) is 65.6 cm³/mol. The Morgan fingerprint density at radius 2 is 2.00 bits per heavy atom. The molecule has 3 rings (SSSR count). The van der Waals surface area contributed by atoms with E-state index in [1.807, 2.05) is 48.9 Å². The number of aromatic nitrogens is 2. The Morgan fingerprint density at radius 1 is 1.19 bits per heavy atom. The summed E-state index contributed by atoms with van der Waals surface area (Å²) in [6, 6.07) is 8.00. The van der Waals surface area contributed by atoms with Crippen LogP contribution in [0.25, 0.3) is 11.0 Å².